The number of likely N-dealkylation sites (N-methyl/N-ethyl adjacent to an activating group) is 1. The number of rotatable bonds is 4. The molecule has 1 aromatic rings. The minimum Gasteiger partial charge on any atom is -0.508 e. The topological polar surface area (TPSA) is 69.6 Å². The van der Waals surface area contributed by atoms with Crippen LogP contribution in [-0.4, -0.2) is 41.5 Å². The van der Waals surface area contributed by atoms with Gasteiger partial charge in [0.1, 0.15) is 5.75 Å². The Hall–Kier alpha value is -2.04. The van der Waals surface area contributed by atoms with Crippen LogP contribution in [0.15, 0.2) is 24.3 Å². The van der Waals surface area contributed by atoms with Crippen molar-refractivity contribution in [3.8, 4) is 5.75 Å². The molecule has 1 aliphatic rings. The zero-order valence-electron chi connectivity index (χ0n) is 10.2. The van der Waals surface area contributed by atoms with Crippen molar-refractivity contribution in [2.45, 2.75) is 18.9 Å². The fraction of sp³-hybridized carbons (Fsp3) is 0.385. The van der Waals surface area contributed by atoms with E-state index in [0.717, 1.165) is 12.8 Å². The number of amides is 2. The standard InChI is InChI=1S/C13H16N2O3/c1-15(8-12(17)14-10-5-6-10)13(18)9-3-2-4-11(16)7-9/h2-4,7,10,16H,5-6,8H2,1H3,(H,14,17). The van der Waals surface area contributed by atoms with Crippen LogP contribution in [0, 0.1) is 0 Å². The maximum absolute atomic E-state index is 12.0. The number of carbonyl (C=O) groups is 2. The van der Waals surface area contributed by atoms with E-state index in [4.69, 9.17) is 0 Å². The van der Waals surface area contributed by atoms with Crippen molar-refractivity contribution in [3.63, 3.8) is 0 Å². The van der Waals surface area contributed by atoms with Crippen LogP contribution in [0.3, 0.4) is 0 Å². The van der Waals surface area contributed by atoms with Crippen molar-refractivity contribution in [1.29, 1.82) is 0 Å². The average Bonchev–Trinajstić information content (AvgIpc) is 3.11. The lowest BCUT2D eigenvalue weighted by molar-refractivity contribution is -0.121. The van der Waals surface area contributed by atoms with Crippen LogP contribution in [-0.2, 0) is 4.79 Å². The molecule has 2 amide bonds. The third-order valence-electron chi connectivity index (χ3n) is 2.76. The fourth-order valence-electron chi connectivity index (χ4n) is 1.65. The molecule has 2 rings (SSSR count). The van der Waals surface area contributed by atoms with E-state index in [2.05, 4.69) is 5.32 Å². The smallest absolute Gasteiger partial charge is 0.254 e. The van der Waals surface area contributed by atoms with Gasteiger partial charge >= 0.3 is 0 Å². The van der Waals surface area contributed by atoms with Crippen molar-refractivity contribution in [2.75, 3.05) is 13.6 Å². The molecule has 1 saturated carbocycles. The number of hydrogen-bond acceptors (Lipinski definition) is 3. The zero-order chi connectivity index (χ0) is 13.1. The van der Waals surface area contributed by atoms with Crippen molar-refractivity contribution >= 4 is 11.8 Å². The molecule has 1 aliphatic carbocycles. The largest absolute Gasteiger partial charge is 0.508 e. The first-order valence-corrected chi connectivity index (χ1v) is 5.90. The monoisotopic (exact) mass is 248 g/mol. The number of nitrogens with one attached hydrogen (secondary N) is 1. The van der Waals surface area contributed by atoms with Gasteiger partial charge in [0.2, 0.25) is 5.91 Å². The number of phenols is 1. The van der Waals surface area contributed by atoms with Crippen molar-refractivity contribution in [2.24, 2.45) is 0 Å². The highest BCUT2D eigenvalue weighted by atomic mass is 16.3. The summed E-state index contributed by atoms with van der Waals surface area (Å²) in [4.78, 5) is 24.9. The zero-order valence-corrected chi connectivity index (χ0v) is 10.2. The molecule has 0 unspecified atom stereocenters. The molecular formula is C13H16N2O3. The van der Waals surface area contributed by atoms with E-state index in [-0.39, 0.29) is 24.1 Å². The van der Waals surface area contributed by atoms with E-state index in [1.54, 1.807) is 19.2 Å². The van der Waals surface area contributed by atoms with Crippen molar-refractivity contribution in [3.05, 3.63) is 29.8 Å². The number of benzene rings is 1. The first-order chi connectivity index (χ1) is 8.56. The van der Waals surface area contributed by atoms with Gasteiger partial charge in [-0.25, -0.2) is 0 Å². The molecule has 1 fully saturated rings. The molecule has 0 saturated heterocycles. The molecule has 1 aromatic carbocycles. The van der Waals surface area contributed by atoms with Gasteiger partial charge < -0.3 is 15.3 Å². The lowest BCUT2D eigenvalue weighted by Gasteiger charge is -2.16. The normalized spacial score (nSPS) is 14.1. The SMILES string of the molecule is CN(CC(=O)NC1CC1)C(=O)c1cccc(O)c1. The molecular weight excluding hydrogens is 232 g/mol. The number of hydrogen-bond donors (Lipinski definition) is 2. The van der Waals surface area contributed by atoms with Crippen LogP contribution in [0.25, 0.3) is 0 Å². The van der Waals surface area contributed by atoms with Crippen LogP contribution >= 0.6 is 0 Å². The summed E-state index contributed by atoms with van der Waals surface area (Å²) in [5.41, 5.74) is 0.372. The van der Waals surface area contributed by atoms with E-state index >= 15 is 0 Å². The second-order valence-electron chi connectivity index (χ2n) is 4.55. The summed E-state index contributed by atoms with van der Waals surface area (Å²) in [5.74, 6) is -0.387. The van der Waals surface area contributed by atoms with E-state index in [0.29, 0.717) is 11.6 Å². The molecule has 0 bridgehead atoms. The molecule has 0 aromatic heterocycles. The van der Waals surface area contributed by atoms with Gasteiger partial charge in [-0.3, -0.25) is 9.59 Å². The van der Waals surface area contributed by atoms with Crippen molar-refractivity contribution in [1.82, 2.24) is 10.2 Å². The van der Waals surface area contributed by atoms with E-state index in [1.807, 2.05) is 0 Å². The average molecular weight is 248 g/mol. The Labute approximate surface area is 105 Å². The quantitative estimate of drug-likeness (QED) is 0.825. The Morgan fingerprint density at radius 1 is 1.44 bits per heavy atom. The Morgan fingerprint density at radius 3 is 2.78 bits per heavy atom. The molecule has 0 heterocycles. The van der Waals surface area contributed by atoms with Gasteiger partial charge in [0, 0.05) is 18.7 Å². The van der Waals surface area contributed by atoms with E-state index in [9.17, 15) is 14.7 Å². The molecule has 0 spiro atoms. The summed E-state index contributed by atoms with van der Waals surface area (Å²) < 4.78 is 0. The minimum atomic E-state index is -0.281. The molecule has 0 radical (unpaired) electrons. The molecule has 5 heteroatoms. The molecule has 2 N–H and O–H groups in total. The van der Waals surface area contributed by atoms with Gasteiger partial charge in [-0.05, 0) is 31.0 Å². The van der Waals surface area contributed by atoms with Gasteiger partial charge in [0.25, 0.3) is 5.91 Å². The van der Waals surface area contributed by atoms with Crippen LogP contribution in [0.2, 0.25) is 0 Å². The second-order valence-corrected chi connectivity index (χ2v) is 4.55. The number of aromatic hydroxyl groups is 1. The third kappa shape index (κ3) is 3.23. The van der Waals surface area contributed by atoms with E-state index < -0.39 is 0 Å². The molecule has 96 valence electrons. The Bertz CT molecular complexity index is 469. The van der Waals surface area contributed by atoms with E-state index in [1.165, 1.54) is 17.0 Å². The number of carbonyl (C=O) groups excluding carboxylic acids is 2. The molecule has 0 aliphatic heterocycles. The van der Waals surface area contributed by atoms with Gasteiger partial charge in [0.15, 0.2) is 0 Å². The maximum atomic E-state index is 12.0. The summed E-state index contributed by atoms with van der Waals surface area (Å²) in [6, 6.07) is 6.38. The van der Waals surface area contributed by atoms with Crippen molar-refractivity contribution < 1.29 is 14.7 Å². The highest BCUT2D eigenvalue weighted by molar-refractivity contribution is 5.96. The minimum absolute atomic E-state index is 0.0327. The first-order valence-electron chi connectivity index (χ1n) is 5.90. The fourth-order valence-corrected chi connectivity index (χ4v) is 1.65. The summed E-state index contributed by atoms with van der Waals surface area (Å²) in [5, 5.41) is 12.1. The third-order valence-corrected chi connectivity index (χ3v) is 2.76. The summed E-state index contributed by atoms with van der Waals surface area (Å²) >= 11 is 0. The van der Waals surface area contributed by atoms with Gasteiger partial charge in [-0.15, -0.1) is 0 Å². The number of nitrogens with zero attached hydrogens (tertiary/aromatic N) is 1. The lowest BCUT2D eigenvalue weighted by atomic mass is 10.2. The summed E-state index contributed by atoms with van der Waals surface area (Å²) in [7, 11) is 1.57. The van der Waals surface area contributed by atoms with Gasteiger partial charge in [-0.2, -0.15) is 0 Å². The van der Waals surface area contributed by atoms with Crippen LogP contribution in [0.1, 0.15) is 23.2 Å². The Morgan fingerprint density at radius 2 is 2.17 bits per heavy atom. The van der Waals surface area contributed by atoms with Gasteiger partial charge in [0.05, 0.1) is 6.54 Å². The predicted octanol–water partition coefficient (Wildman–Crippen LogP) is 0.743. The second kappa shape index (κ2) is 5.08. The summed E-state index contributed by atoms with van der Waals surface area (Å²) in [6.45, 7) is 0.0327. The Kier molecular flexibility index (Phi) is 3.50. The van der Waals surface area contributed by atoms with Crippen LogP contribution in [0.5, 0.6) is 5.75 Å². The predicted molar refractivity (Wildman–Crippen MR) is 66.2 cm³/mol. The van der Waals surface area contributed by atoms with Gasteiger partial charge in [-0.1, -0.05) is 6.07 Å². The molecule has 5 nitrogen and oxygen atoms in total. The number of phenolic OH excluding ortho intramolecular Hbond substituents is 1. The highest BCUT2D eigenvalue weighted by Crippen LogP contribution is 2.18. The first kappa shape index (κ1) is 12.4. The molecule has 18 heavy (non-hydrogen) atoms. The van der Waals surface area contributed by atoms with Crippen LogP contribution < -0.4 is 5.32 Å². The highest BCUT2D eigenvalue weighted by Gasteiger charge is 2.24. The van der Waals surface area contributed by atoms with Crippen LogP contribution in [0.4, 0.5) is 0 Å². The summed E-state index contributed by atoms with van der Waals surface area (Å²) in [6.07, 6.45) is 2.05. The molecule has 0 atom stereocenters. The maximum Gasteiger partial charge on any atom is 0.254 e. The lowest BCUT2D eigenvalue weighted by Crippen LogP contribution is -2.39. The Balaban J connectivity index is 1.93.